The van der Waals surface area contributed by atoms with Crippen molar-refractivity contribution in [3.8, 4) is 0 Å². The van der Waals surface area contributed by atoms with Gasteiger partial charge in [-0.15, -0.1) is 0 Å². The van der Waals surface area contributed by atoms with Crippen LogP contribution in [0.5, 0.6) is 0 Å². The standard InChI is InChI=1S/C8H15NO4/c10-3-4-7(12)8(13)6-5(11)1-2-9(4)6/h4-8,10-13H,1-3H2/t4-,5+,6+,7+,8+/m1/s1. The van der Waals surface area contributed by atoms with Gasteiger partial charge in [0.15, 0.2) is 0 Å². The lowest BCUT2D eigenvalue weighted by molar-refractivity contribution is -0.000895. The fraction of sp³-hybridized carbons (Fsp3) is 1.00. The molecule has 5 heteroatoms. The minimum absolute atomic E-state index is 0.179. The van der Waals surface area contributed by atoms with E-state index >= 15 is 0 Å². The molecule has 2 saturated heterocycles. The Morgan fingerprint density at radius 1 is 1.15 bits per heavy atom. The lowest BCUT2D eigenvalue weighted by Crippen LogP contribution is -2.39. The second kappa shape index (κ2) is 3.18. The van der Waals surface area contributed by atoms with Crippen molar-refractivity contribution >= 4 is 0 Å². The fourth-order valence-corrected chi connectivity index (χ4v) is 2.47. The van der Waals surface area contributed by atoms with Crippen molar-refractivity contribution in [1.29, 1.82) is 0 Å². The lowest BCUT2D eigenvalue weighted by atomic mass is 10.0. The van der Waals surface area contributed by atoms with Crippen LogP contribution in [0.15, 0.2) is 0 Å². The lowest BCUT2D eigenvalue weighted by Gasteiger charge is -2.22. The second-order valence-corrected chi connectivity index (χ2v) is 3.82. The van der Waals surface area contributed by atoms with Gasteiger partial charge < -0.3 is 20.4 Å². The Morgan fingerprint density at radius 2 is 1.85 bits per heavy atom. The maximum atomic E-state index is 9.58. The maximum Gasteiger partial charge on any atom is 0.0995 e. The molecule has 76 valence electrons. The van der Waals surface area contributed by atoms with Crippen molar-refractivity contribution in [3.05, 3.63) is 0 Å². The molecule has 2 fully saturated rings. The number of aliphatic hydroxyl groups excluding tert-OH is 4. The average Bonchev–Trinajstić information content (AvgIpc) is 2.57. The summed E-state index contributed by atoms with van der Waals surface area (Å²) in [6.45, 7) is 0.451. The van der Waals surface area contributed by atoms with Crippen molar-refractivity contribution < 1.29 is 20.4 Å². The molecule has 2 rings (SSSR count). The van der Waals surface area contributed by atoms with E-state index in [0.717, 1.165) is 0 Å². The molecular weight excluding hydrogens is 174 g/mol. The Bertz CT molecular complexity index is 201. The van der Waals surface area contributed by atoms with Crippen molar-refractivity contribution in [1.82, 2.24) is 4.90 Å². The number of nitrogens with zero attached hydrogens (tertiary/aromatic N) is 1. The summed E-state index contributed by atoms with van der Waals surface area (Å²) < 4.78 is 0. The van der Waals surface area contributed by atoms with Crippen molar-refractivity contribution in [2.75, 3.05) is 13.2 Å². The summed E-state index contributed by atoms with van der Waals surface area (Å²) >= 11 is 0. The zero-order valence-electron chi connectivity index (χ0n) is 7.24. The highest BCUT2D eigenvalue weighted by atomic mass is 16.3. The van der Waals surface area contributed by atoms with Crippen molar-refractivity contribution in [3.63, 3.8) is 0 Å². The Morgan fingerprint density at radius 3 is 2.46 bits per heavy atom. The molecular formula is C8H15NO4. The molecule has 0 aromatic carbocycles. The van der Waals surface area contributed by atoms with Gasteiger partial charge >= 0.3 is 0 Å². The van der Waals surface area contributed by atoms with Crippen LogP contribution < -0.4 is 0 Å². The Kier molecular flexibility index (Phi) is 2.29. The van der Waals surface area contributed by atoms with Crippen LogP contribution >= 0.6 is 0 Å². The van der Waals surface area contributed by atoms with Crippen LogP contribution in [0.3, 0.4) is 0 Å². The molecule has 0 aromatic rings. The van der Waals surface area contributed by atoms with Gasteiger partial charge in [0.1, 0.15) is 0 Å². The van der Waals surface area contributed by atoms with Gasteiger partial charge in [0.05, 0.1) is 37.0 Å². The number of hydrogen-bond acceptors (Lipinski definition) is 5. The van der Waals surface area contributed by atoms with Gasteiger partial charge in [-0.1, -0.05) is 0 Å². The van der Waals surface area contributed by atoms with E-state index < -0.39 is 30.4 Å². The van der Waals surface area contributed by atoms with Crippen LogP contribution in [0.25, 0.3) is 0 Å². The molecule has 0 aliphatic carbocycles. The summed E-state index contributed by atoms with van der Waals surface area (Å²) in [5.41, 5.74) is 0. The van der Waals surface area contributed by atoms with E-state index in [2.05, 4.69) is 0 Å². The fourth-order valence-electron chi connectivity index (χ4n) is 2.47. The Balaban J connectivity index is 2.19. The summed E-state index contributed by atoms with van der Waals surface area (Å²) in [4.78, 5) is 1.79. The first-order valence-electron chi connectivity index (χ1n) is 4.57. The molecule has 5 nitrogen and oxygen atoms in total. The van der Waals surface area contributed by atoms with E-state index in [1.54, 1.807) is 4.90 Å². The molecule has 0 unspecified atom stereocenters. The van der Waals surface area contributed by atoms with Crippen molar-refractivity contribution in [2.24, 2.45) is 0 Å². The monoisotopic (exact) mass is 189 g/mol. The molecule has 5 atom stereocenters. The minimum Gasteiger partial charge on any atom is -0.395 e. The molecule has 0 aromatic heterocycles. The third-order valence-corrected chi connectivity index (χ3v) is 3.17. The van der Waals surface area contributed by atoms with Gasteiger partial charge in [0.2, 0.25) is 0 Å². The van der Waals surface area contributed by atoms with Crippen molar-refractivity contribution in [2.45, 2.75) is 36.8 Å². The second-order valence-electron chi connectivity index (χ2n) is 3.82. The number of fused-ring (bicyclic) bond motifs is 1. The smallest absolute Gasteiger partial charge is 0.0995 e. The molecule has 0 bridgehead atoms. The molecule has 2 aliphatic heterocycles. The predicted molar refractivity (Wildman–Crippen MR) is 44.0 cm³/mol. The van der Waals surface area contributed by atoms with E-state index in [1.807, 2.05) is 0 Å². The minimum atomic E-state index is -0.940. The van der Waals surface area contributed by atoms with Gasteiger partial charge in [-0.3, -0.25) is 4.90 Å². The van der Waals surface area contributed by atoms with E-state index in [-0.39, 0.29) is 6.61 Å². The Labute approximate surface area is 76.2 Å². The van der Waals surface area contributed by atoms with Gasteiger partial charge in [-0.2, -0.15) is 0 Å². The highest BCUT2D eigenvalue weighted by Gasteiger charge is 2.52. The average molecular weight is 189 g/mol. The summed E-state index contributed by atoms with van der Waals surface area (Å²) in [7, 11) is 0. The first kappa shape index (κ1) is 9.36. The third kappa shape index (κ3) is 1.19. The Hall–Kier alpha value is -0.200. The van der Waals surface area contributed by atoms with Crippen LogP contribution in [0.1, 0.15) is 6.42 Å². The zero-order valence-corrected chi connectivity index (χ0v) is 7.24. The first-order valence-corrected chi connectivity index (χ1v) is 4.57. The number of rotatable bonds is 1. The highest BCUT2D eigenvalue weighted by Crippen LogP contribution is 2.33. The third-order valence-electron chi connectivity index (χ3n) is 3.17. The number of hydrogen-bond donors (Lipinski definition) is 4. The van der Waals surface area contributed by atoms with Gasteiger partial charge in [-0.25, -0.2) is 0 Å². The molecule has 0 saturated carbocycles. The van der Waals surface area contributed by atoms with Gasteiger partial charge in [0, 0.05) is 6.54 Å². The summed E-state index contributed by atoms with van der Waals surface area (Å²) in [6, 6.07) is -0.815. The zero-order chi connectivity index (χ0) is 9.59. The molecule has 2 heterocycles. The van der Waals surface area contributed by atoms with Gasteiger partial charge in [-0.05, 0) is 6.42 Å². The van der Waals surface area contributed by atoms with Crippen LogP contribution in [0.2, 0.25) is 0 Å². The summed E-state index contributed by atoms with van der Waals surface area (Å²) in [6.07, 6.45) is -1.86. The molecule has 0 spiro atoms. The molecule has 0 radical (unpaired) electrons. The van der Waals surface area contributed by atoms with Crippen LogP contribution in [-0.2, 0) is 0 Å². The SMILES string of the molecule is OC[C@@H]1[C@H](O)[C@@H](O)[C@@H]2[C@@H](O)CCN21. The summed E-state index contributed by atoms with van der Waals surface area (Å²) in [5.74, 6) is 0. The maximum absolute atomic E-state index is 9.58. The highest BCUT2D eigenvalue weighted by molar-refractivity contribution is 5.06. The van der Waals surface area contributed by atoms with Gasteiger partial charge in [0.25, 0.3) is 0 Å². The van der Waals surface area contributed by atoms with Crippen LogP contribution in [0, 0.1) is 0 Å². The molecule has 4 N–H and O–H groups in total. The largest absolute Gasteiger partial charge is 0.395 e. The summed E-state index contributed by atoms with van der Waals surface area (Å²) in [5, 5.41) is 37.6. The number of aliphatic hydroxyl groups is 4. The van der Waals surface area contributed by atoms with Crippen LogP contribution in [0.4, 0.5) is 0 Å². The molecule has 2 aliphatic rings. The topological polar surface area (TPSA) is 84.2 Å². The van der Waals surface area contributed by atoms with E-state index in [1.165, 1.54) is 0 Å². The molecule has 0 amide bonds. The predicted octanol–water partition coefficient (Wildman–Crippen LogP) is -2.48. The quantitative estimate of drug-likeness (QED) is 0.367. The van der Waals surface area contributed by atoms with Crippen LogP contribution in [-0.4, -0.2) is 68.9 Å². The normalized spacial score (nSPS) is 51.2. The first-order chi connectivity index (χ1) is 6.16. The van der Waals surface area contributed by atoms with E-state index in [9.17, 15) is 15.3 Å². The van der Waals surface area contributed by atoms with E-state index in [4.69, 9.17) is 5.11 Å². The van der Waals surface area contributed by atoms with E-state index in [0.29, 0.717) is 13.0 Å². The molecule has 13 heavy (non-hydrogen) atoms.